The van der Waals surface area contributed by atoms with Crippen molar-refractivity contribution in [3.05, 3.63) is 39.9 Å². The molecule has 0 bridgehead atoms. The molecule has 0 aliphatic carbocycles. The summed E-state index contributed by atoms with van der Waals surface area (Å²) in [5.74, 6) is -54.5. The van der Waals surface area contributed by atoms with Crippen molar-refractivity contribution in [1.82, 2.24) is 9.79 Å². The van der Waals surface area contributed by atoms with E-state index in [1.807, 2.05) is 0 Å². The normalized spacial score (nSPS) is 14.9. The van der Waals surface area contributed by atoms with Gasteiger partial charge in [-0.25, -0.2) is 13.9 Å². The fourth-order valence-electron chi connectivity index (χ4n) is 2.97. The van der Waals surface area contributed by atoms with Gasteiger partial charge in [0.1, 0.15) is 0 Å². The molecule has 45 heavy (non-hydrogen) atoms. The molecule has 0 saturated carbocycles. The van der Waals surface area contributed by atoms with Crippen LogP contribution in [0.15, 0.2) is 24.3 Å². The Hall–Kier alpha value is -3.23. The van der Waals surface area contributed by atoms with Crippen LogP contribution in [-0.4, -0.2) is 82.3 Å². The van der Waals surface area contributed by atoms with Gasteiger partial charge in [-0.05, 0) is 5.56 Å². The SMILES string of the molecule is O=C(CCN(Cc1ccc([N+](=O)[O-])cc1)S(=O)(=O)C(F)(F)C(F)(F)C(F)(F)C(F)(F)C(F)(F)C(F)(F)C(F)(F)C(F)(F)F)NO. The van der Waals surface area contributed by atoms with E-state index in [4.69, 9.17) is 5.21 Å². The van der Waals surface area contributed by atoms with Gasteiger partial charge in [0.15, 0.2) is 0 Å². The van der Waals surface area contributed by atoms with Crippen LogP contribution in [0.3, 0.4) is 0 Å². The average Bonchev–Trinajstić information content (AvgIpc) is 2.89. The van der Waals surface area contributed by atoms with Crippen molar-refractivity contribution < 1.29 is 98.0 Å². The van der Waals surface area contributed by atoms with Gasteiger partial charge in [0.05, 0.1) is 4.92 Å². The largest absolute Gasteiger partial charge is 0.460 e. The van der Waals surface area contributed by atoms with Crippen LogP contribution in [0.4, 0.5) is 80.3 Å². The topological polar surface area (TPSA) is 130 Å². The van der Waals surface area contributed by atoms with Crippen molar-refractivity contribution >= 4 is 21.6 Å². The number of hydrogen-bond donors (Lipinski definition) is 2. The van der Waals surface area contributed by atoms with E-state index in [-0.39, 0.29) is 0 Å². The minimum absolute atomic E-state index is 0.481. The van der Waals surface area contributed by atoms with Gasteiger partial charge < -0.3 is 0 Å². The van der Waals surface area contributed by atoms with Crippen molar-refractivity contribution in [1.29, 1.82) is 0 Å². The number of alkyl halides is 17. The Morgan fingerprint density at radius 1 is 0.733 bits per heavy atom. The zero-order valence-corrected chi connectivity index (χ0v) is 21.5. The first-order valence-electron chi connectivity index (χ1n) is 10.6. The van der Waals surface area contributed by atoms with E-state index in [9.17, 15) is 98.0 Å². The van der Waals surface area contributed by atoms with Crippen molar-refractivity contribution in [3.63, 3.8) is 0 Å². The molecule has 0 heterocycles. The number of nitrogens with one attached hydrogen (secondary N) is 1. The maximum atomic E-state index is 14.6. The van der Waals surface area contributed by atoms with Gasteiger partial charge in [-0.3, -0.25) is 20.1 Å². The molecular weight excluding hydrogens is 709 g/mol. The number of sulfonamides is 1. The number of rotatable bonds is 14. The highest BCUT2D eigenvalue weighted by Gasteiger charge is 2.96. The third-order valence-corrected chi connectivity index (χ3v) is 7.47. The van der Waals surface area contributed by atoms with Crippen LogP contribution < -0.4 is 5.48 Å². The van der Waals surface area contributed by atoms with Gasteiger partial charge in [0.25, 0.3) is 15.7 Å². The fraction of sp³-hybridized carbons (Fsp3) is 0.611. The Labute approximate surface area is 236 Å². The number of benzene rings is 1. The lowest BCUT2D eigenvalue weighted by Crippen LogP contribution is -2.75. The van der Waals surface area contributed by atoms with Crippen LogP contribution >= 0.6 is 0 Å². The van der Waals surface area contributed by atoms with E-state index in [0.29, 0.717) is 24.3 Å². The molecule has 0 unspecified atom stereocenters. The first kappa shape index (κ1) is 39.8. The third kappa shape index (κ3) is 6.16. The molecule has 0 saturated heterocycles. The number of carbonyl (C=O) groups excluding carboxylic acids is 1. The number of nitro benzene ring substituents is 1. The Kier molecular flexibility index (Phi) is 10.5. The van der Waals surface area contributed by atoms with Crippen LogP contribution in [0.25, 0.3) is 0 Å². The maximum absolute atomic E-state index is 14.6. The molecular formula is C18H12F17N3O6S. The summed E-state index contributed by atoms with van der Waals surface area (Å²) in [7, 11) is -7.78. The second-order valence-electron chi connectivity index (χ2n) is 8.51. The van der Waals surface area contributed by atoms with Gasteiger partial charge in [-0.2, -0.15) is 78.9 Å². The maximum Gasteiger partial charge on any atom is 0.460 e. The molecule has 0 radical (unpaired) electrons. The van der Waals surface area contributed by atoms with Gasteiger partial charge >= 0.3 is 47.0 Å². The van der Waals surface area contributed by atoms with Crippen molar-refractivity contribution in [2.24, 2.45) is 0 Å². The zero-order chi connectivity index (χ0) is 36.0. The number of nitrogens with zero attached hydrogens (tertiary/aromatic N) is 2. The molecule has 0 spiro atoms. The minimum Gasteiger partial charge on any atom is -0.289 e. The monoisotopic (exact) mass is 721 g/mol. The number of carbonyl (C=O) groups is 1. The molecule has 0 fully saturated rings. The summed E-state index contributed by atoms with van der Waals surface area (Å²) in [6.07, 6.45) is -9.55. The lowest BCUT2D eigenvalue weighted by molar-refractivity contribution is -0.458. The molecule has 1 aromatic carbocycles. The second kappa shape index (κ2) is 11.8. The molecule has 0 aromatic heterocycles. The molecule has 1 amide bonds. The third-order valence-electron chi connectivity index (χ3n) is 5.58. The van der Waals surface area contributed by atoms with Gasteiger partial charge in [0, 0.05) is 31.6 Å². The first-order chi connectivity index (χ1) is 19.7. The Morgan fingerprint density at radius 2 is 1.11 bits per heavy atom. The lowest BCUT2D eigenvalue weighted by atomic mass is 9.91. The number of halogens is 17. The molecule has 9 nitrogen and oxygen atoms in total. The fourth-order valence-corrected chi connectivity index (χ4v) is 4.39. The van der Waals surface area contributed by atoms with Crippen molar-refractivity contribution in [3.8, 4) is 0 Å². The summed E-state index contributed by atoms with van der Waals surface area (Å²) in [5.41, 5.74) is -0.842. The van der Waals surface area contributed by atoms with E-state index in [2.05, 4.69) is 0 Å². The smallest absolute Gasteiger partial charge is 0.289 e. The number of nitro groups is 1. The molecule has 1 rings (SSSR count). The molecule has 1 aromatic rings. The van der Waals surface area contributed by atoms with Gasteiger partial charge in [-0.15, -0.1) is 0 Å². The highest BCUT2D eigenvalue weighted by molar-refractivity contribution is 7.90. The van der Waals surface area contributed by atoms with Crippen LogP contribution in [0.2, 0.25) is 0 Å². The Morgan fingerprint density at radius 3 is 1.47 bits per heavy atom. The second-order valence-corrected chi connectivity index (χ2v) is 10.5. The Bertz CT molecular complexity index is 1370. The number of hydroxylamine groups is 1. The van der Waals surface area contributed by atoms with Crippen LogP contribution in [0.5, 0.6) is 0 Å². The van der Waals surface area contributed by atoms with Crippen LogP contribution in [0.1, 0.15) is 12.0 Å². The predicted molar refractivity (Wildman–Crippen MR) is 108 cm³/mol. The highest BCUT2D eigenvalue weighted by atomic mass is 32.2. The van der Waals surface area contributed by atoms with Crippen molar-refractivity contribution in [2.45, 2.75) is 59.9 Å². The summed E-state index contributed by atoms with van der Waals surface area (Å²) < 4.78 is 254. The molecule has 0 atom stereocenters. The molecule has 2 N–H and O–H groups in total. The molecule has 27 heteroatoms. The van der Waals surface area contributed by atoms with Crippen molar-refractivity contribution in [2.75, 3.05) is 6.54 Å². The van der Waals surface area contributed by atoms with E-state index < -0.39 is 103 Å². The number of amides is 1. The van der Waals surface area contributed by atoms with Crippen LogP contribution in [0, 0.1) is 10.1 Å². The van der Waals surface area contributed by atoms with E-state index >= 15 is 0 Å². The van der Waals surface area contributed by atoms with E-state index in [0.717, 1.165) is 5.48 Å². The van der Waals surface area contributed by atoms with Gasteiger partial charge in [0.2, 0.25) is 5.91 Å². The Balaban J connectivity index is 3.81. The van der Waals surface area contributed by atoms with E-state index in [1.165, 1.54) is 0 Å². The molecule has 0 aliphatic heterocycles. The average molecular weight is 721 g/mol. The quantitative estimate of drug-likeness (QED) is 0.112. The van der Waals surface area contributed by atoms with Crippen LogP contribution in [-0.2, 0) is 21.4 Å². The highest BCUT2D eigenvalue weighted by Crippen LogP contribution is 2.64. The summed E-state index contributed by atoms with van der Waals surface area (Å²) in [5, 5.41) is 11.2. The summed E-state index contributed by atoms with van der Waals surface area (Å²) >= 11 is 0. The predicted octanol–water partition coefficient (Wildman–Crippen LogP) is 5.59. The number of hydrogen-bond acceptors (Lipinski definition) is 6. The first-order valence-corrected chi connectivity index (χ1v) is 12.1. The standard InChI is InChI=1S/C18H12F17N3O6S/c19-11(20,13(23,24)15(27,28)17(31,32)33)12(21,22)14(25,26)16(29,30)18(34,35)45(43,44)37(6-5-10(39)36-40)7-8-1-3-9(4-2-8)38(41)42/h1-4,40H,5-7H2,(H,36,39). The molecule has 0 aliphatic rings. The molecule has 260 valence electrons. The minimum atomic E-state index is -9.03. The lowest BCUT2D eigenvalue weighted by Gasteiger charge is -2.43. The number of non-ortho nitro benzene ring substituents is 1. The zero-order valence-electron chi connectivity index (χ0n) is 20.6. The summed E-state index contributed by atoms with van der Waals surface area (Å²) in [6.45, 7) is -3.73. The summed E-state index contributed by atoms with van der Waals surface area (Å²) in [4.78, 5) is 20.8. The van der Waals surface area contributed by atoms with Gasteiger partial charge in [-0.1, -0.05) is 12.1 Å². The van der Waals surface area contributed by atoms with E-state index in [1.54, 1.807) is 0 Å². The summed E-state index contributed by atoms with van der Waals surface area (Å²) in [6, 6.07) is 1.94.